The van der Waals surface area contributed by atoms with Crippen LogP contribution in [-0.4, -0.2) is 22.7 Å². The maximum Gasteiger partial charge on any atom is 0.259 e. The van der Waals surface area contributed by atoms with Crippen molar-refractivity contribution in [2.24, 2.45) is 0 Å². The molecule has 2 rings (SSSR count). The lowest BCUT2D eigenvalue weighted by Gasteiger charge is -2.08. The maximum absolute atomic E-state index is 12.0. The summed E-state index contributed by atoms with van der Waals surface area (Å²) < 4.78 is 0. The van der Waals surface area contributed by atoms with Crippen LogP contribution >= 0.6 is 0 Å². The molecule has 0 atom stereocenters. The number of anilines is 1. The Morgan fingerprint density at radius 3 is 2.45 bits per heavy atom. The van der Waals surface area contributed by atoms with E-state index in [0.717, 1.165) is 11.1 Å². The Morgan fingerprint density at radius 1 is 1.15 bits per heavy atom. The molecule has 0 aliphatic carbocycles. The number of amides is 1. The summed E-state index contributed by atoms with van der Waals surface area (Å²) in [6.45, 7) is 1.95. The minimum Gasteiger partial charge on any atom is -0.507 e. The summed E-state index contributed by atoms with van der Waals surface area (Å²) in [5, 5.41) is 21.3. The molecule has 0 aliphatic heterocycles. The summed E-state index contributed by atoms with van der Waals surface area (Å²) in [4.78, 5) is 12.0. The van der Waals surface area contributed by atoms with Crippen molar-refractivity contribution >= 4 is 11.6 Å². The molecule has 0 fully saturated rings. The minimum absolute atomic E-state index is 0.0283. The summed E-state index contributed by atoms with van der Waals surface area (Å²) in [7, 11) is 0. The van der Waals surface area contributed by atoms with Crippen LogP contribution < -0.4 is 5.32 Å². The van der Waals surface area contributed by atoms with Crippen molar-refractivity contribution in [3.63, 3.8) is 0 Å². The Bertz CT molecular complexity index is 606. The van der Waals surface area contributed by atoms with Crippen molar-refractivity contribution in [1.29, 1.82) is 0 Å². The van der Waals surface area contributed by atoms with E-state index in [9.17, 15) is 9.90 Å². The molecule has 4 nitrogen and oxygen atoms in total. The quantitative estimate of drug-likeness (QED) is 0.800. The van der Waals surface area contributed by atoms with Gasteiger partial charge in [-0.25, -0.2) is 0 Å². The topological polar surface area (TPSA) is 69.6 Å². The summed E-state index contributed by atoms with van der Waals surface area (Å²) >= 11 is 0. The number of carbonyl (C=O) groups excluding carboxylic acids is 1. The van der Waals surface area contributed by atoms with Crippen LogP contribution in [0.25, 0.3) is 0 Å². The first kappa shape index (κ1) is 14.1. The number of aliphatic hydroxyl groups is 1. The van der Waals surface area contributed by atoms with Crippen molar-refractivity contribution in [2.75, 3.05) is 11.9 Å². The predicted octanol–water partition coefficient (Wildman–Crippen LogP) is 2.49. The van der Waals surface area contributed by atoms with Crippen LogP contribution in [0.1, 0.15) is 21.5 Å². The molecule has 0 aliphatic rings. The third-order valence-corrected chi connectivity index (χ3v) is 3.01. The van der Waals surface area contributed by atoms with Crippen LogP contribution in [0.5, 0.6) is 5.75 Å². The lowest BCUT2D eigenvalue weighted by atomic mass is 10.1. The molecule has 1 amide bonds. The van der Waals surface area contributed by atoms with Crippen LogP contribution in [0.4, 0.5) is 5.69 Å². The van der Waals surface area contributed by atoms with E-state index in [-0.39, 0.29) is 23.8 Å². The number of nitrogens with one attached hydrogen (secondary N) is 1. The van der Waals surface area contributed by atoms with Gasteiger partial charge in [-0.1, -0.05) is 18.2 Å². The van der Waals surface area contributed by atoms with Crippen LogP contribution in [0.3, 0.4) is 0 Å². The first-order chi connectivity index (χ1) is 9.60. The number of rotatable bonds is 4. The van der Waals surface area contributed by atoms with Gasteiger partial charge in [-0.2, -0.15) is 0 Å². The zero-order valence-electron chi connectivity index (χ0n) is 11.3. The first-order valence-corrected chi connectivity index (χ1v) is 6.41. The van der Waals surface area contributed by atoms with Gasteiger partial charge >= 0.3 is 0 Å². The molecule has 0 saturated carbocycles. The van der Waals surface area contributed by atoms with E-state index in [2.05, 4.69) is 5.32 Å². The van der Waals surface area contributed by atoms with Gasteiger partial charge < -0.3 is 15.5 Å². The lowest BCUT2D eigenvalue weighted by Crippen LogP contribution is -2.12. The van der Waals surface area contributed by atoms with E-state index >= 15 is 0 Å². The van der Waals surface area contributed by atoms with E-state index < -0.39 is 0 Å². The number of aliphatic hydroxyl groups excluding tert-OH is 1. The molecule has 0 unspecified atom stereocenters. The lowest BCUT2D eigenvalue weighted by molar-refractivity contribution is 0.102. The van der Waals surface area contributed by atoms with Gasteiger partial charge in [0, 0.05) is 12.3 Å². The van der Waals surface area contributed by atoms with Crippen LogP contribution in [0.2, 0.25) is 0 Å². The second-order valence-corrected chi connectivity index (χ2v) is 4.65. The smallest absolute Gasteiger partial charge is 0.259 e. The molecule has 0 bridgehead atoms. The highest BCUT2D eigenvalue weighted by Gasteiger charge is 2.11. The van der Waals surface area contributed by atoms with E-state index in [4.69, 9.17) is 5.11 Å². The van der Waals surface area contributed by atoms with Gasteiger partial charge in [0.25, 0.3) is 5.91 Å². The summed E-state index contributed by atoms with van der Waals surface area (Å²) in [5.74, 6) is -0.378. The highest BCUT2D eigenvalue weighted by Crippen LogP contribution is 2.20. The third-order valence-electron chi connectivity index (χ3n) is 3.01. The normalized spacial score (nSPS) is 10.3. The maximum atomic E-state index is 12.0. The molecular formula is C16H17NO3. The van der Waals surface area contributed by atoms with Crippen molar-refractivity contribution in [3.05, 3.63) is 59.2 Å². The number of benzene rings is 2. The van der Waals surface area contributed by atoms with E-state index in [1.165, 1.54) is 0 Å². The van der Waals surface area contributed by atoms with Gasteiger partial charge in [-0.05, 0) is 48.7 Å². The van der Waals surface area contributed by atoms with Crippen LogP contribution in [0.15, 0.2) is 42.5 Å². The molecule has 2 aromatic rings. The average molecular weight is 271 g/mol. The van der Waals surface area contributed by atoms with E-state index in [1.807, 2.05) is 19.1 Å². The zero-order valence-corrected chi connectivity index (χ0v) is 11.3. The molecular weight excluding hydrogens is 254 g/mol. The average Bonchev–Trinajstić information content (AvgIpc) is 2.41. The zero-order chi connectivity index (χ0) is 14.5. The largest absolute Gasteiger partial charge is 0.507 e. The predicted molar refractivity (Wildman–Crippen MR) is 78.0 cm³/mol. The minimum atomic E-state index is -0.350. The highest BCUT2D eigenvalue weighted by atomic mass is 16.3. The SMILES string of the molecule is Cc1ccc(C(=O)Nc2ccc(CCO)cc2)c(O)c1. The van der Waals surface area contributed by atoms with Crippen molar-refractivity contribution in [2.45, 2.75) is 13.3 Å². The fourth-order valence-corrected chi connectivity index (χ4v) is 1.92. The summed E-state index contributed by atoms with van der Waals surface area (Å²) in [6, 6.07) is 12.2. The molecule has 20 heavy (non-hydrogen) atoms. The molecule has 0 radical (unpaired) electrons. The Morgan fingerprint density at radius 2 is 1.85 bits per heavy atom. The van der Waals surface area contributed by atoms with E-state index in [1.54, 1.807) is 30.3 Å². The van der Waals surface area contributed by atoms with Gasteiger partial charge in [0.15, 0.2) is 0 Å². The first-order valence-electron chi connectivity index (χ1n) is 6.41. The Kier molecular flexibility index (Phi) is 4.38. The number of aryl methyl sites for hydroxylation is 1. The molecule has 4 heteroatoms. The number of aromatic hydroxyl groups is 1. The van der Waals surface area contributed by atoms with Gasteiger partial charge in [-0.3, -0.25) is 4.79 Å². The second kappa shape index (κ2) is 6.21. The fourth-order valence-electron chi connectivity index (χ4n) is 1.92. The van der Waals surface area contributed by atoms with Gasteiger partial charge in [0.05, 0.1) is 5.56 Å². The molecule has 3 N–H and O–H groups in total. The monoisotopic (exact) mass is 271 g/mol. The fraction of sp³-hybridized carbons (Fsp3) is 0.188. The number of carbonyl (C=O) groups is 1. The molecule has 0 aromatic heterocycles. The van der Waals surface area contributed by atoms with E-state index in [0.29, 0.717) is 12.1 Å². The van der Waals surface area contributed by atoms with Crippen molar-refractivity contribution in [3.8, 4) is 5.75 Å². The van der Waals surface area contributed by atoms with Gasteiger partial charge in [-0.15, -0.1) is 0 Å². The molecule has 104 valence electrons. The van der Waals surface area contributed by atoms with Crippen LogP contribution in [-0.2, 0) is 6.42 Å². The standard InChI is InChI=1S/C16H17NO3/c1-11-2-7-14(15(19)10-11)16(20)17-13-5-3-12(4-6-13)8-9-18/h2-7,10,18-19H,8-9H2,1H3,(H,17,20). The number of phenolic OH excluding ortho intramolecular Hbond substituents is 1. The Labute approximate surface area is 117 Å². The van der Waals surface area contributed by atoms with Crippen molar-refractivity contribution < 1.29 is 15.0 Å². The van der Waals surface area contributed by atoms with Gasteiger partial charge in [0.1, 0.15) is 5.75 Å². The van der Waals surface area contributed by atoms with Gasteiger partial charge in [0.2, 0.25) is 0 Å². The summed E-state index contributed by atoms with van der Waals surface area (Å²) in [5.41, 5.74) is 2.79. The summed E-state index contributed by atoms with van der Waals surface area (Å²) in [6.07, 6.45) is 0.590. The Hall–Kier alpha value is -2.33. The number of phenols is 1. The molecule has 0 spiro atoms. The molecule has 0 heterocycles. The molecule has 0 saturated heterocycles. The Balaban J connectivity index is 2.11. The van der Waals surface area contributed by atoms with Crippen LogP contribution in [0, 0.1) is 6.92 Å². The number of hydrogen-bond acceptors (Lipinski definition) is 3. The number of hydrogen-bond donors (Lipinski definition) is 3. The van der Waals surface area contributed by atoms with Crippen molar-refractivity contribution in [1.82, 2.24) is 0 Å². The highest BCUT2D eigenvalue weighted by molar-refractivity contribution is 6.06. The molecule has 2 aromatic carbocycles. The second-order valence-electron chi connectivity index (χ2n) is 4.65. The third kappa shape index (κ3) is 3.36.